The number of ether oxygens (including phenoxy) is 1. The second kappa shape index (κ2) is 5.70. The average molecular weight is 300 g/mol. The number of rotatable bonds is 5. The lowest BCUT2D eigenvalue weighted by Crippen LogP contribution is -2.47. The Morgan fingerprint density at radius 2 is 2.00 bits per heavy atom. The molecule has 0 saturated heterocycles. The molecule has 1 aromatic carbocycles. The fourth-order valence-electron chi connectivity index (χ4n) is 1.49. The molecule has 0 heterocycles. The Morgan fingerprint density at radius 1 is 1.40 bits per heavy atom. The van der Waals surface area contributed by atoms with Gasteiger partial charge in [-0.2, -0.15) is 0 Å². The smallest absolute Gasteiger partial charge is 0.241 e. The summed E-state index contributed by atoms with van der Waals surface area (Å²) in [6.45, 7) is 2.88. The van der Waals surface area contributed by atoms with Crippen LogP contribution in [0.15, 0.2) is 18.2 Å². The molecule has 20 heavy (non-hydrogen) atoms. The van der Waals surface area contributed by atoms with Gasteiger partial charge in [-0.25, -0.2) is 8.42 Å². The number of benzene rings is 1. The van der Waals surface area contributed by atoms with E-state index >= 15 is 0 Å². The van der Waals surface area contributed by atoms with Gasteiger partial charge in [-0.1, -0.05) is 0 Å². The van der Waals surface area contributed by atoms with Gasteiger partial charge in [-0.15, -0.1) is 0 Å². The standard InChI is InChI=1S/C13H20N2O4S/c1-13(2,20(4,17)18)12(16)15-8-9-7-10(14)5-6-11(9)19-3/h5-7H,8,14H2,1-4H3,(H,15,16). The summed E-state index contributed by atoms with van der Waals surface area (Å²) in [5, 5.41) is 2.59. The van der Waals surface area contributed by atoms with Gasteiger partial charge in [0.1, 0.15) is 10.5 Å². The molecule has 0 aromatic heterocycles. The summed E-state index contributed by atoms with van der Waals surface area (Å²) in [6.07, 6.45) is 1.04. The van der Waals surface area contributed by atoms with Crippen LogP contribution in [0, 0.1) is 0 Å². The van der Waals surface area contributed by atoms with Crippen molar-refractivity contribution < 1.29 is 17.9 Å². The highest BCUT2D eigenvalue weighted by Gasteiger charge is 2.38. The van der Waals surface area contributed by atoms with E-state index in [4.69, 9.17) is 10.5 Å². The van der Waals surface area contributed by atoms with E-state index in [1.165, 1.54) is 21.0 Å². The number of sulfone groups is 1. The van der Waals surface area contributed by atoms with Crippen molar-refractivity contribution in [2.45, 2.75) is 25.1 Å². The van der Waals surface area contributed by atoms with E-state index in [0.29, 0.717) is 17.0 Å². The molecule has 6 nitrogen and oxygen atoms in total. The maximum atomic E-state index is 12.0. The highest BCUT2D eigenvalue weighted by Crippen LogP contribution is 2.21. The molecule has 7 heteroatoms. The van der Waals surface area contributed by atoms with Crippen molar-refractivity contribution in [1.29, 1.82) is 0 Å². The van der Waals surface area contributed by atoms with E-state index in [1.54, 1.807) is 18.2 Å². The number of nitrogens with two attached hydrogens (primary N) is 1. The lowest BCUT2D eigenvalue weighted by atomic mass is 10.1. The second-order valence-electron chi connectivity index (χ2n) is 5.04. The molecular weight excluding hydrogens is 280 g/mol. The topological polar surface area (TPSA) is 98.5 Å². The molecule has 1 amide bonds. The quantitative estimate of drug-likeness (QED) is 0.781. The van der Waals surface area contributed by atoms with Crippen LogP contribution in [0.25, 0.3) is 0 Å². The zero-order valence-electron chi connectivity index (χ0n) is 12.1. The lowest BCUT2D eigenvalue weighted by Gasteiger charge is -2.21. The summed E-state index contributed by atoms with van der Waals surface area (Å²) in [4.78, 5) is 12.0. The third kappa shape index (κ3) is 3.41. The molecule has 1 rings (SSSR count). The molecule has 0 fully saturated rings. The second-order valence-corrected chi connectivity index (χ2v) is 7.60. The Labute approximate surface area is 119 Å². The predicted octanol–water partition coefficient (Wildman–Crippen LogP) is 0.717. The van der Waals surface area contributed by atoms with E-state index in [9.17, 15) is 13.2 Å². The SMILES string of the molecule is COc1ccc(N)cc1CNC(=O)C(C)(C)S(C)(=O)=O. The molecule has 0 aliphatic rings. The summed E-state index contributed by atoms with van der Waals surface area (Å²) in [5.74, 6) is 0.0149. The maximum absolute atomic E-state index is 12.0. The first kappa shape index (κ1) is 16.3. The molecule has 0 aliphatic carbocycles. The summed E-state index contributed by atoms with van der Waals surface area (Å²) in [5.41, 5.74) is 6.90. The summed E-state index contributed by atoms with van der Waals surface area (Å²) >= 11 is 0. The van der Waals surface area contributed by atoms with Gasteiger partial charge in [0.15, 0.2) is 9.84 Å². The monoisotopic (exact) mass is 300 g/mol. The number of anilines is 1. The first-order valence-electron chi connectivity index (χ1n) is 6.00. The lowest BCUT2D eigenvalue weighted by molar-refractivity contribution is -0.123. The van der Waals surface area contributed by atoms with Crippen LogP contribution in [-0.4, -0.2) is 32.4 Å². The highest BCUT2D eigenvalue weighted by atomic mass is 32.2. The molecule has 0 aliphatic heterocycles. The first-order valence-corrected chi connectivity index (χ1v) is 7.89. The molecule has 0 unspecified atom stereocenters. The minimum Gasteiger partial charge on any atom is -0.496 e. The number of amides is 1. The van der Waals surface area contributed by atoms with Crippen LogP contribution in [-0.2, 0) is 21.2 Å². The van der Waals surface area contributed by atoms with Crippen molar-refractivity contribution in [3.05, 3.63) is 23.8 Å². The third-order valence-electron chi connectivity index (χ3n) is 3.22. The number of hydrogen-bond acceptors (Lipinski definition) is 5. The zero-order chi connectivity index (χ0) is 15.6. The van der Waals surface area contributed by atoms with Crippen molar-refractivity contribution in [2.24, 2.45) is 0 Å². The van der Waals surface area contributed by atoms with Crippen LogP contribution in [0.1, 0.15) is 19.4 Å². The molecule has 0 atom stereocenters. The number of carbonyl (C=O) groups is 1. The van der Waals surface area contributed by atoms with E-state index in [2.05, 4.69) is 5.32 Å². The van der Waals surface area contributed by atoms with Gasteiger partial charge in [0.2, 0.25) is 5.91 Å². The Hall–Kier alpha value is -1.76. The number of methoxy groups -OCH3 is 1. The Balaban J connectivity index is 2.88. The number of nitrogens with one attached hydrogen (secondary N) is 1. The molecular formula is C13H20N2O4S. The molecule has 0 spiro atoms. The van der Waals surface area contributed by atoms with Gasteiger partial charge in [0, 0.05) is 24.1 Å². The van der Waals surface area contributed by atoms with Crippen LogP contribution < -0.4 is 15.8 Å². The molecule has 0 bridgehead atoms. The third-order valence-corrected chi connectivity index (χ3v) is 5.26. The molecule has 1 aromatic rings. The first-order chi connectivity index (χ1) is 9.09. The number of carbonyl (C=O) groups excluding carboxylic acids is 1. The minimum absolute atomic E-state index is 0.145. The maximum Gasteiger partial charge on any atom is 0.241 e. The Kier molecular flexibility index (Phi) is 4.65. The van der Waals surface area contributed by atoms with Crippen molar-refractivity contribution in [1.82, 2.24) is 5.32 Å². The van der Waals surface area contributed by atoms with Gasteiger partial charge >= 0.3 is 0 Å². The number of nitrogen functional groups attached to an aromatic ring is 1. The van der Waals surface area contributed by atoms with Gasteiger partial charge in [-0.3, -0.25) is 4.79 Å². The molecule has 0 saturated carbocycles. The zero-order valence-corrected chi connectivity index (χ0v) is 12.9. The van der Waals surface area contributed by atoms with E-state index < -0.39 is 20.5 Å². The van der Waals surface area contributed by atoms with E-state index in [1.807, 2.05) is 0 Å². The molecule has 0 radical (unpaired) electrons. The summed E-state index contributed by atoms with van der Waals surface area (Å²) in [6, 6.07) is 5.05. The highest BCUT2D eigenvalue weighted by molar-refractivity contribution is 7.92. The van der Waals surface area contributed by atoms with Crippen LogP contribution in [0.4, 0.5) is 5.69 Å². The molecule has 112 valence electrons. The minimum atomic E-state index is -3.50. The summed E-state index contributed by atoms with van der Waals surface area (Å²) in [7, 11) is -1.99. The predicted molar refractivity (Wildman–Crippen MR) is 78.2 cm³/mol. The van der Waals surface area contributed by atoms with Crippen molar-refractivity contribution in [3.63, 3.8) is 0 Å². The largest absolute Gasteiger partial charge is 0.496 e. The van der Waals surface area contributed by atoms with Crippen LogP contribution in [0.2, 0.25) is 0 Å². The molecule has 3 N–H and O–H groups in total. The van der Waals surface area contributed by atoms with Crippen molar-refractivity contribution in [3.8, 4) is 5.75 Å². The summed E-state index contributed by atoms with van der Waals surface area (Å²) < 4.78 is 26.8. The fourth-order valence-corrected chi connectivity index (χ4v) is 1.90. The Morgan fingerprint density at radius 3 is 2.50 bits per heavy atom. The fraction of sp³-hybridized carbons (Fsp3) is 0.462. The van der Waals surface area contributed by atoms with Crippen LogP contribution >= 0.6 is 0 Å². The van der Waals surface area contributed by atoms with E-state index in [0.717, 1.165) is 6.26 Å². The normalized spacial score (nSPS) is 12.0. The van der Waals surface area contributed by atoms with E-state index in [-0.39, 0.29) is 6.54 Å². The number of hydrogen-bond donors (Lipinski definition) is 2. The van der Waals surface area contributed by atoms with Gasteiger partial charge in [0.05, 0.1) is 7.11 Å². The van der Waals surface area contributed by atoms with Gasteiger partial charge < -0.3 is 15.8 Å². The van der Waals surface area contributed by atoms with Crippen LogP contribution in [0.3, 0.4) is 0 Å². The van der Waals surface area contributed by atoms with Gasteiger partial charge in [-0.05, 0) is 32.0 Å². The van der Waals surface area contributed by atoms with Crippen molar-refractivity contribution in [2.75, 3.05) is 19.1 Å². The average Bonchev–Trinajstić information content (AvgIpc) is 2.34. The van der Waals surface area contributed by atoms with Crippen molar-refractivity contribution >= 4 is 21.4 Å². The van der Waals surface area contributed by atoms with Gasteiger partial charge in [0.25, 0.3) is 0 Å². The van der Waals surface area contributed by atoms with Crippen LogP contribution in [0.5, 0.6) is 5.75 Å². The Bertz CT molecular complexity index is 609.